The first-order valence-corrected chi connectivity index (χ1v) is 16.2. The number of allylic oxidation sites excluding steroid dienone is 1. The molecule has 0 amide bonds. The minimum absolute atomic E-state index is 0.335. The van der Waals surface area contributed by atoms with Crippen molar-refractivity contribution in [3.05, 3.63) is 131 Å². The number of aryl methyl sites for hydroxylation is 2. The maximum Gasteiger partial charge on any atom is 0.338 e. The molecule has 0 N–H and O–H groups in total. The molecule has 0 saturated carbocycles. The third-order valence-corrected chi connectivity index (χ3v) is 7.61. The van der Waals surface area contributed by atoms with E-state index in [1.807, 2.05) is 58.0 Å². The Balaban J connectivity index is 0.00000169. The smallest absolute Gasteiger partial charge is 0.338 e. The standard InChI is InChI=1S/C37H40N2O2.2C2H6/c1-8-13-27(4)39(24-30-18-20-31(21-19-30)33-15-10-11-16-34(33)37(40)41-7)36-23-32(22-26(3)28(36)5)29(6)38-35-17-12-9-14-25(35)2;2*1-2/h9-12,14-23H,4,8,13,24H2,1-3,5-7H3;2*1-2H3. The van der Waals surface area contributed by atoms with Gasteiger partial charge in [-0.15, -0.1) is 0 Å². The van der Waals surface area contributed by atoms with E-state index in [-0.39, 0.29) is 5.97 Å². The van der Waals surface area contributed by atoms with Crippen LogP contribution in [0, 0.1) is 20.8 Å². The maximum absolute atomic E-state index is 12.3. The van der Waals surface area contributed by atoms with E-state index in [1.54, 1.807) is 6.07 Å². The van der Waals surface area contributed by atoms with Crippen LogP contribution in [0.3, 0.4) is 0 Å². The Morgan fingerprint density at radius 3 is 2.09 bits per heavy atom. The highest BCUT2D eigenvalue weighted by Gasteiger charge is 2.18. The molecule has 0 atom stereocenters. The van der Waals surface area contributed by atoms with Crippen molar-refractivity contribution in [2.45, 2.75) is 81.7 Å². The van der Waals surface area contributed by atoms with E-state index in [0.717, 1.165) is 63.4 Å². The number of anilines is 1. The van der Waals surface area contributed by atoms with Crippen LogP contribution in [-0.4, -0.2) is 18.8 Å². The topological polar surface area (TPSA) is 41.9 Å². The molecular formula is C41H52N2O2. The fourth-order valence-corrected chi connectivity index (χ4v) is 5.05. The summed E-state index contributed by atoms with van der Waals surface area (Å²) in [4.78, 5) is 19.6. The summed E-state index contributed by atoms with van der Waals surface area (Å²) in [6.07, 6.45) is 1.92. The highest BCUT2D eigenvalue weighted by Crippen LogP contribution is 2.32. The summed E-state index contributed by atoms with van der Waals surface area (Å²) in [5, 5.41) is 0. The van der Waals surface area contributed by atoms with Crippen LogP contribution in [0.5, 0.6) is 0 Å². The van der Waals surface area contributed by atoms with E-state index in [4.69, 9.17) is 9.73 Å². The van der Waals surface area contributed by atoms with Gasteiger partial charge in [0.05, 0.1) is 18.4 Å². The van der Waals surface area contributed by atoms with Gasteiger partial charge in [-0.25, -0.2) is 4.79 Å². The van der Waals surface area contributed by atoms with Crippen LogP contribution >= 0.6 is 0 Å². The van der Waals surface area contributed by atoms with Gasteiger partial charge in [-0.2, -0.15) is 0 Å². The molecule has 4 rings (SSSR count). The summed E-state index contributed by atoms with van der Waals surface area (Å²) >= 11 is 0. The first-order chi connectivity index (χ1) is 21.7. The number of carbonyl (C=O) groups excluding carboxylic acids is 1. The number of benzene rings is 4. The molecular weight excluding hydrogens is 552 g/mol. The van der Waals surface area contributed by atoms with Gasteiger partial charge in [0.25, 0.3) is 0 Å². The zero-order chi connectivity index (χ0) is 33.5. The summed E-state index contributed by atoms with van der Waals surface area (Å²) in [7, 11) is 1.41. The number of esters is 1. The van der Waals surface area contributed by atoms with Gasteiger partial charge in [0, 0.05) is 23.6 Å². The zero-order valence-corrected chi connectivity index (χ0v) is 29.1. The Hall–Kier alpha value is -4.44. The van der Waals surface area contributed by atoms with Crippen LogP contribution in [0.15, 0.2) is 102 Å². The molecule has 0 unspecified atom stereocenters. The molecule has 238 valence electrons. The van der Waals surface area contributed by atoms with Gasteiger partial charge in [0.1, 0.15) is 0 Å². The fourth-order valence-electron chi connectivity index (χ4n) is 5.05. The summed E-state index contributed by atoms with van der Waals surface area (Å²) in [6, 6.07) is 28.7. The van der Waals surface area contributed by atoms with Gasteiger partial charge >= 0.3 is 5.97 Å². The van der Waals surface area contributed by atoms with Crippen molar-refractivity contribution >= 4 is 23.1 Å². The number of hydrogen-bond acceptors (Lipinski definition) is 4. The monoisotopic (exact) mass is 604 g/mol. The van der Waals surface area contributed by atoms with Crippen molar-refractivity contribution in [1.82, 2.24) is 0 Å². The van der Waals surface area contributed by atoms with E-state index in [9.17, 15) is 4.79 Å². The van der Waals surface area contributed by atoms with Crippen LogP contribution in [-0.2, 0) is 11.3 Å². The first-order valence-electron chi connectivity index (χ1n) is 16.2. The van der Waals surface area contributed by atoms with Crippen molar-refractivity contribution in [2.24, 2.45) is 4.99 Å². The minimum Gasteiger partial charge on any atom is -0.465 e. The lowest BCUT2D eigenvalue weighted by atomic mass is 9.97. The lowest BCUT2D eigenvalue weighted by Gasteiger charge is -2.30. The van der Waals surface area contributed by atoms with Gasteiger partial charge in [-0.05, 0) is 97.3 Å². The predicted octanol–water partition coefficient (Wildman–Crippen LogP) is 11.6. The molecule has 0 saturated heterocycles. The van der Waals surface area contributed by atoms with Gasteiger partial charge in [0.2, 0.25) is 0 Å². The van der Waals surface area contributed by atoms with Crippen LogP contribution < -0.4 is 4.90 Å². The number of para-hydroxylation sites is 1. The molecule has 4 aromatic carbocycles. The molecule has 4 heteroatoms. The van der Waals surface area contributed by atoms with Crippen molar-refractivity contribution in [3.8, 4) is 11.1 Å². The molecule has 0 fully saturated rings. The number of ether oxygens (including phenoxy) is 1. The van der Waals surface area contributed by atoms with Gasteiger partial charge in [-0.1, -0.05) is 108 Å². The van der Waals surface area contributed by atoms with Crippen molar-refractivity contribution < 1.29 is 9.53 Å². The number of methoxy groups -OCH3 is 1. The zero-order valence-electron chi connectivity index (χ0n) is 29.1. The summed E-state index contributed by atoms with van der Waals surface area (Å²) in [5.74, 6) is -0.335. The highest BCUT2D eigenvalue weighted by atomic mass is 16.5. The van der Waals surface area contributed by atoms with E-state index < -0.39 is 0 Å². The van der Waals surface area contributed by atoms with E-state index in [0.29, 0.717) is 12.1 Å². The summed E-state index contributed by atoms with van der Waals surface area (Å²) < 4.78 is 5.00. The van der Waals surface area contributed by atoms with E-state index in [1.165, 1.54) is 18.2 Å². The Morgan fingerprint density at radius 2 is 1.47 bits per heavy atom. The Labute approximate surface area is 272 Å². The number of carbonyl (C=O) groups is 1. The Morgan fingerprint density at radius 1 is 0.844 bits per heavy atom. The molecule has 0 aromatic heterocycles. The molecule has 0 aliphatic heterocycles. The van der Waals surface area contributed by atoms with Gasteiger partial charge < -0.3 is 9.64 Å². The van der Waals surface area contributed by atoms with Crippen LogP contribution in [0.25, 0.3) is 11.1 Å². The molecule has 0 heterocycles. The summed E-state index contributed by atoms with van der Waals surface area (Å²) in [6.45, 7) is 23.9. The van der Waals surface area contributed by atoms with Crippen LogP contribution in [0.1, 0.15) is 92.6 Å². The van der Waals surface area contributed by atoms with E-state index >= 15 is 0 Å². The summed E-state index contributed by atoms with van der Waals surface area (Å²) in [5.41, 5.74) is 12.5. The number of hydrogen-bond donors (Lipinski definition) is 0. The quantitative estimate of drug-likeness (QED) is 0.134. The average molecular weight is 605 g/mol. The minimum atomic E-state index is -0.335. The van der Waals surface area contributed by atoms with Crippen molar-refractivity contribution in [3.63, 3.8) is 0 Å². The van der Waals surface area contributed by atoms with Crippen LogP contribution in [0.4, 0.5) is 11.4 Å². The molecule has 4 nitrogen and oxygen atoms in total. The lowest BCUT2D eigenvalue weighted by Crippen LogP contribution is -2.23. The molecule has 0 radical (unpaired) electrons. The average Bonchev–Trinajstić information content (AvgIpc) is 3.07. The van der Waals surface area contributed by atoms with Crippen molar-refractivity contribution in [1.29, 1.82) is 0 Å². The largest absolute Gasteiger partial charge is 0.465 e. The number of aliphatic imine (C=N–C) groups is 1. The normalized spacial score (nSPS) is 10.6. The molecule has 0 bridgehead atoms. The Bertz CT molecular complexity index is 1580. The second-order valence-corrected chi connectivity index (χ2v) is 10.6. The Kier molecular flexibility index (Phi) is 15.0. The third-order valence-electron chi connectivity index (χ3n) is 7.61. The van der Waals surface area contributed by atoms with Crippen LogP contribution in [0.2, 0.25) is 0 Å². The molecule has 45 heavy (non-hydrogen) atoms. The second-order valence-electron chi connectivity index (χ2n) is 10.6. The molecule has 4 aromatic rings. The number of rotatable bonds is 10. The second kappa shape index (κ2) is 18.4. The van der Waals surface area contributed by atoms with Gasteiger partial charge in [-0.3, -0.25) is 4.99 Å². The van der Waals surface area contributed by atoms with Gasteiger partial charge in [0.15, 0.2) is 0 Å². The maximum atomic E-state index is 12.3. The molecule has 0 aliphatic carbocycles. The first kappa shape index (κ1) is 36.8. The third kappa shape index (κ3) is 9.52. The lowest BCUT2D eigenvalue weighted by molar-refractivity contribution is 0.0601. The van der Waals surface area contributed by atoms with E-state index in [2.05, 4.69) is 94.6 Å². The van der Waals surface area contributed by atoms with Crippen molar-refractivity contribution in [2.75, 3.05) is 12.0 Å². The predicted molar refractivity (Wildman–Crippen MR) is 195 cm³/mol. The SMILES string of the molecule is C=C(CCC)N(Cc1ccc(-c2ccccc2C(=O)OC)cc1)c1cc(C(C)=Nc2ccccc2C)cc(C)c1C.CC.CC. The molecule has 0 aliphatic rings. The number of nitrogens with zero attached hydrogens (tertiary/aromatic N) is 2. The molecule has 0 spiro atoms. The highest BCUT2D eigenvalue weighted by molar-refractivity contribution is 6.01. The fraction of sp³-hybridized carbons (Fsp3) is 0.317.